The number of fused-ring (bicyclic) bond motifs is 1. The minimum atomic E-state index is -0.453. The van der Waals surface area contributed by atoms with Crippen LogP contribution in [0.15, 0.2) is 22.7 Å². The molecule has 2 aromatic rings. The van der Waals surface area contributed by atoms with Crippen molar-refractivity contribution in [2.45, 2.75) is 26.2 Å². The molecule has 1 aromatic carbocycles. The fourth-order valence-corrected chi connectivity index (χ4v) is 2.74. The van der Waals surface area contributed by atoms with Gasteiger partial charge >= 0.3 is 0 Å². The predicted molar refractivity (Wildman–Crippen MR) is 77.1 cm³/mol. The zero-order valence-electron chi connectivity index (χ0n) is 11.5. The molecule has 6 heteroatoms. The molecule has 0 spiro atoms. The van der Waals surface area contributed by atoms with Gasteiger partial charge in [-0.1, -0.05) is 23.7 Å². The van der Waals surface area contributed by atoms with E-state index in [9.17, 15) is 9.18 Å². The van der Waals surface area contributed by atoms with E-state index >= 15 is 0 Å². The van der Waals surface area contributed by atoms with E-state index in [1.54, 1.807) is 0 Å². The van der Waals surface area contributed by atoms with Crippen LogP contribution in [-0.2, 0) is 12.8 Å². The highest BCUT2D eigenvalue weighted by Gasteiger charge is 2.27. The van der Waals surface area contributed by atoms with Crippen molar-refractivity contribution in [3.8, 4) is 0 Å². The van der Waals surface area contributed by atoms with Crippen molar-refractivity contribution < 1.29 is 13.7 Å². The lowest BCUT2D eigenvalue weighted by molar-refractivity contribution is 0.101. The molecular weight excluding hydrogens is 295 g/mol. The van der Waals surface area contributed by atoms with Gasteiger partial charge in [0.05, 0.1) is 10.7 Å². The van der Waals surface area contributed by atoms with Crippen molar-refractivity contribution in [2.24, 2.45) is 5.92 Å². The van der Waals surface area contributed by atoms with Crippen LogP contribution in [0.5, 0.6) is 0 Å². The average molecular weight is 309 g/mol. The lowest BCUT2D eigenvalue weighted by atomic mass is 9.88. The molecule has 1 amide bonds. The van der Waals surface area contributed by atoms with E-state index in [-0.39, 0.29) is 16.6 Å². The Balaban J connectivity index is 1.85. The monoisotopic (exact) mass is 308 g/mol. The van der Waals surface area contributed by atoms with E-state index in [4.69, 9.17) is 16.1 Å². The van der Waals surface area contributed by atoms with Gasteiger partial charge in [0.15, 0.2) is 5.69 Å². The number of nitrogens with one attached hydrogen (secondary N) is 1. The largest absolute Gasteiger partial charge is 0.360 e. The fourth-order valence-electron chi connectivity index (χ4n) is 2.53. The maximum Gasteiger partial charge on any atom is 0.278 e. The van der Waals surface area contributed by atoms with Crippen molar-refractivity contribution in [1.29, 1.82) is 0 Å². The van der Waals surface area contributed by atoms with E-state index in [0.717, 1.165) is 36.7 Å². The van der Waals surface area contributed by atoms with E-state index in [1.165, 1.54) is 12.1 Å². The third-order valence-electron chi connectivity index (χ3n) is 3.68. The Hall–Kier alpha value is -1.88. The zero-order chi connectivity index (χ0) is 15.0. The summed E-state index contributed by atoms with van der Waals surface area (Å²) in [6.45, 7) is 2.13. The van der Waals surface area contributed by atoms with Gasteiger partial charge in [-0.15, -0.1) is 0 Å². The number of rotatable bonds is 2. The summed E-state index contributed by atoms with van der Waals surface area (Å²) in [4.78, 5) is 12.3. The molecule has 1 aliphatic rings. The summed E-state index contributed by atoms with van der Waals surface area (Å²) in [5.74, 6) is 0.439. The smallest absolute Gasteiger partial charge is 0.278 e. The second kappa shape index (κ2) is 5.48. The first-order valence-corrected chi connectivity index (χ1v) is 7.16. The number of carbonyl (C=O) groups excluding carboxylic acids is 1. The molecule has 0 fully saturated rings. The summed E-state index contributed by atoms with van der Waals surface area (Å²) < 4.78 is 18.2. The van der Waals surface area contributed by atoms with Gasteiger partial charge in [0.1, 0.15) is 11.6 Å². The van der Waals surface area contributed by atoms with Crippen molar-refractivity contribution >= 4 is 23.2 Å². The molecule has 1 atom stereocenters. The van der Waals surface area contributed by atoms with Gasteiger partial charge in [-0.25, -0.2) is 4.39 Å². The van der Waals surface area contributed by atoms with Crippen LogP contribution in [0.4, 0.5) is 10.1 Å². The van der Waals surface area contributed by atoms with E-state index in [0.29, 0.717) is 11.6 Å². The Morgan fingerprint density at radius 1 is 1.52 bits per heavy atom. The molecule has 1 aliphatic carbocycles. The Morgan fingerprint density at radius 2 is 2.33 bits per heavy atom. The zero-order valence-corrected chi connectivity index (χ0v) is 12.2. The molecule has 110 valence electrons. The molecule has 0 aliphatic heterocycles. The van der Waals surface area contributed by atoms with Crippen LogP contribution in [0.25, 0.3) is 0 Å². The van der Waals surface area contributed by atoms with Crippen molar-refractivity contribution in [3.63, 3.8) is 0 Å². The molecule has 0 bridgehead atoms. The summed E-state index contributed by atoms with van der Waals surface area (Å²) in [5.41, 5.74) is 1.50. The molecule has 4 nitrogen and oxygen atoms in total. The lowest BCUT2D eigenvalue weighted by Gasteiger charge is -2.16. The number of hydrogen-bond acceptors (Lipinski definition) is 3. The van der Waals surface area contributed by atoms with Crippen molar-refractivity contribution in [3.05, 3.63) is 46.1 Å². The van der Waals surface area contributed by atoms with Crippen molar-refractivity contribution in [2.75, 3.05) is 5.32 Å². The highest BCUT2D eigenvalue weighted by Crippen LogP contribution is 2.29. The minimum absolute atomic E-state index is 0.147. The van der Waals surface area contributed by atoms with Crippen LogP contribution >= 0.6 is 11.6 Å². The summed E-state index contributed by atoms with van der Waals surface area (Å²) in [6, 6.07) is 3.81. The molecule has 1 N–H and O–H groups in total. The topological polar surface area (TPSA) is 55.1 Å². The molecule has 0 saturated heterocycles. The first kappa shape index (κ1) is 14.1. The molecule has 0 unspecified atom stereocenters. The average Bonchev–Trinajstić information content (AvgIpc) is 2.85. The Labute approximate surface area is 126 Å². The van der Waals surface area contributed by atoms with Crippen LogP contribution in [-0.4, -0.2) is 11.1 Å². The second-order valence-electron chi connectivity index (χ2n) is 5.36. The summed E-state index contributed by atoms with van der Waals surface area (Å²) in [5, 5.41) is 6.66. The van der Waals surface area contributed by atoms with Gasteiger partial charge in [-0.3, -0.25) is 4.79 Å². The number of aryl methyl sites for hydroxylation is 1. The summed E-state index contributed by atoms with van der Waals surface area (Å²) in [7, 11) is 0. The van der Waals surface area contributed by atoms with Crippen LogP contribution in [0.3, 0.4) is 0 Å². The third-order valence-corrected chi connectivity index (χ3v) is 3.99. The molecule has 21 heavy (non-hydrogen) atoms. The molecule has 0 radical (unpaired) electrons. The molecule has 1 aromatic heterocycles. The van der Waals surface area contributed by atoms with Crippen LogP contribution < -0.4 is 5.32 Å². The number of halogens is 2. The number of benzene rings is 1. The molecule has 0 saturated carbocycles. The molecular formula is C15H14ClFN2O2. The van der Waals surface area contributed by atoms with Crippen LogP contribution in [0, 0.1) is 11.7 Å². The van der Waals surface area contributed by atoms with Gasteiger partial charge < -0.3 is 9.84 Å². The Morgan fingerprint density at radius 3 is 3.10 bits per heavy atom. The summed E-state index contributed by atoms with van der Waals surface area (Å²) in [6.07, 6.45) is 2.61. The van der Waals surface area contributed by atoms with Crippen LogP contribution in [0.1, 0.15) is 35.2 Å². The maximum absolute atomic E-state index is 13.0. The maximum atomic E-state index is 13.0. The number of carbonyl (C=O) groups is 1. The number of anilines is 1. The Kier molecular flexibility index (Phi) is 3.68. The number of amides is 1. The normalized spacial score (nSPS) is 17.4. The first-order valence-electron chi connectivity index (χ1n) is 6.78. The number of nitrogens with zero attached hydrogens (tertiary/aromatic N) is 1. The summed E-state index contributed by atoms with van der Waals surface area (Å²) >= 11 is 5.90. The minimum Gasteiger partial charge on any atom is -0.360 e. The van der Waals surface area contributed by atoms with Gasteiger partial charge in [0, 0.05) is 12.0 Å². The van der Waals surface area contributed by atoms with E-state index in [1.807, 2.05) is 0 Å². The Bertz CT molecular complexity index is 699. The lowest BCUT2D eigenvalue weighted by Crippen LogP contribution is -2.18. The third kappa shape index (κ3) is 2.78. The van der Waals surface area contributed by atoms with Crippen molar-refractivity contribution in [1.82, 2.24) is 5.16 Å². The van der Waals surface area contributed by atoms with Gasteiger partial charge in [-0.05, 0) is 37.0 Å². The van der Waals surface area contributed by atoms with E-state index < -0.39 is 5.82 Å². The fraction of sp³-hybridized carbons (Fsp3) is 0.333. The molecule has 1 heterocycles. The highest BCUT2D eigenvalue weighted by molar-refractivity contribution is 6.33. The number of hydrogen-bond donors (Lipinski definition) is 1. The first-order chi connectivity index (χ1) is 10.0. The van der Waals surface area contributed by atoms with Gasteiger partial charge in [0.2, 0.25) is 0 Å². The quantitative estimate of drug-likeness (QED) is 0.917. The van der Waals surface area contributed by atoms with E-state index in [2.05, 4.69) is 17.4 Å². The highest BCUT2D eigenvalue weighted by atomic mass is 35.5. The molecule has 3 rings (SSSR count). The van der Waals surface area contributed by atoms with Crippen LogP contribution in [0.2, 0.25) is 5.02 Å². The standard InChI is InChI=1S/C15H14ClFN2O2/c1-8-2-5-13-10(6-8)14(19-21-13)15(20)18-12-4-3-9(17)7-11(12)16/h3-4,7-8H,2,5-6H2,1H3,(H,18,20)/t8-/m0/s1. The second-order valence-corrected chi connectivity index (χ2v) is 5.77. The van der Waals surface area contributed by atoms with Gasteiger partial charge in [0.25, 0.3) is 5.91 Å². The predicted octanol–water partition coefficient (Wildman–Crippen LogP) is 3.84. The number of aromatic nitrogens is 1. The van der Waals surface area contributed by atoms with Gasteiger partial charge in [-0.2, -0.15) is 0 Å². The SMILES string of the molecule is C[C@H]1CCc2onc(C(=O)Nc3ccc(F)cc3Cl)c2C1.